The summed E-state index contributed by atoms with van der Waals surface area (Å²) in [5, 5.41) is 0. The Morgan fingerprint density at radius 2 is 1.55 bits per heavy atom. The van der Waals surface area contributed by atoms with Gasteiger partial charge in [0.1, 0.15) is 0 Å². The van der Waals surface area contributed by atoms with Gasteiger partial charge in [-0.3, -0.25) is 0 Å². The molecule has 0 saturated heterocycles. The zero-order valence-corrected chi connectivity index (χ0v) is 20.9. The molecule has 29 heavy (non-hydrogen) atoms. The van der Waals surface area contributed by atoms with Crippen LogP contribution in [0.2, 0.25) is 0 Å². The molecule has 1 aliphatic rings. The Hall–Kier alpha value is -1.14. The van der Waals surface area contributed by atoms with Crippen LogP contribution in [0.15, 0.2) is 66.7 Å². The van der Waals surface area contributed by atoms with Gasteiger partial charge in [0.25, 0.3) is 0 Å². The summed E-state index contributed by atoms with van der Waals surface area (Å²) < 4.78 is 0.182. The molecule has 3 aromatic rings. The maximum atomic E-state index is 6.74. The predicted molar refractivity (Wildman–Crippen MR) is 124 cm³/mol. The molecule has 0 aromatic heterocycles. The monoisotopic (exact) mass is 497 g/mol. The van der Waals surface area contributed by atoms with Gasteiger partial charge in [0, 0.05) is 0 Å². The van der Waals surface area contributed by atoms with E-state index in [0.717, 1.165) is 19.3 Å². The summed E-state index contributed by atoms with van der Waals surface area (Å²) in [7, 11) is 13.5. The van der Waals surface area contributed by atoms with Crippen molar-refractivity contribution in [2.45, 2.75) is 36.7 Å². The first-order chi connectivity index (χ1) is 14.2. The number of hydrogen-bond donors (Lipinski definition) is 0. The summed E-state index contributed by atoms with van der Waals surface area (Å²) >= 11 is -2.60. The molecular formula is C26H25Cl2Zr. The molecule has 0 fully saturated rings. The number of rotatable bonds is 6. The van der Waals surface area contributed by atoms with Crippen LogP contribution in [0.3, 0.4) is 0 Å². The summed E-state index contributed by atoms with van der Waals surface area (Å²) in [6.07, 6.45) is 5.61. The van der Waals surface area contributed by atoms with Crippen LogP contribution in [-0.2, 0) is 32.2 Å². The van der Waals surface area contributed by atoms with Gasteiger partial charge >= 0.3 is 190 Å². The minimum absolute atomic E-state index is 0.182. The molecule has 3 aromatic carbocycles. The van der Waals surface area contributed by atoms with Crippen molar-refractivity contribution in [2.75, 3.05) is 0 Å². The molecule has 0 nitrogen and oxygen atoms in total. The van der Waals surface area contributed by atoms with Crippen LogP contribution in [-0.4, -0.2) is 0 Å². The third kappa shape index (κ3) is 4.07. The SMILES string of the molecule is CCCc1ccc2c(c1-c1ccccc1CC)C=C(c1ccccc1)[CH]2[Zr]([Cl])[Cl]. The van der Waals surface area contributed by atoms with Gasteiger partial charge in [-0.15, -0.1) is 0 Å². The van der Waals surface area contributed by atoms with Crippen molar-refractivity contribution < 1.29 is 19.4 Å². The normalized spacial score (nSPS) is 15.2. The van der Waals surface area contributed by atoms with E-state index in [4.69, 9.17) is 17.0 Å². The second kappa shape index (κ2) is 9.34. The van der Waals surface area contributed by atoms with Gasteiger partial charge in [-0.25, -0.2) is 0 Å². The van der Waals surface area contributed by atoms with Crippen LogP contribution < -0.4 is 0 Å². The van der Waals surface area contributed by atoms with E-state index in [1.807, 2.05) is 0 Å². The van der Waals surface area contributed by atoms with E-state index in [-0.39, 0.29) is 3.63 Å². The predicted octanol–water partition coefficient (Wildman–Crippen LogP) is 8.39. The molecule has 0 N–H and O–H groups in total. The van der Waals surface area contributed by atoms with Crippen molar-refractivity contribution >= 4 is 28.7 Å². The molecule has 0 spiro atoms. The van der Waals surface area contributed by atoms with Crippen LogP contribution in [0.25, 0.3) is 22.8 Å². The quantitative estimate of drug-likeness (QED) is 0.319. The van der Waals surface area contributed by atoms with Crippen LogP contribution >= 0.6 is 17.0 Å². The number of benzene rings is 3. The Kier molecular flexibility index (Phi) is 6.80. The number of fused-ring (bicyclic) bond motifs is 1. The van der Waals surface area contributed by atoms with Crippen molar-refractivity contribution in [3.8, 4) is 11.1 Å². The first kappa shape index (κ1) is 21.1. The zero-order chi connectivity index (χ0) is 20.4. The summed E-state index contributed by atoms with van der Waals surface area (Å²) in [5.74, 6) is 0. The zero-order valence-electron chi connectivity index (χ0n) is 16.9. The van der Waals surface area contributed by atoms with Crippen molar-refractivity contribution in [2.24, 2.45) is 0 Å². The van der Waals surface area contributed by atoms with Crippen molar-refractivity contribution in [1.29, 1.82) is 0 Å². The minimum atomic E-state index is -2.60. The van der Waals surface area contributed by atoms with E-state index < -0.39 is 19.4 Å². The Morgan fingerprint density at radius 3 is 2.24 bits per heavy atom. The summed E-state index contributed by atoms with van der Waals surface area (Å²) in [6.45, 7) is 4.49. The van der Waals surface area contributed by atoms with E-state index in [1.165, 1.54) is 44.5 Å². The van der Waals surface area contributed by atoms with Gasteiger partial charge in [0.2, 0.25) is 0 Å². The fourth-order valence-corrected chi connectivity index (χ4v) is 9.65. The maximum absolute atomic E-state index is 6.74. The second-order valence-electron chi connectivity index (χ2n) is 7.55. The van der Waals surface area contributed by atoms with Gasteiger partial charge < -0.3 is 0 Å². The first-order valence-corrected chi connectivity index (χ1v) is 18.1. The molecule has 1 atom stereocenters. The van der Waals surface area contributed by atoms with E-state index in [0.29, 0.717) is 0 Å². The molecule has 147 valence electrons. The first-order valence-electron chi connectivity index (χ1n) is 10.3. The number of halogens is 2. The molecule has 3 heteroatoms. The Bertz CT molecular complexity index is 1040. The van der Waals surface area contributed by atoms with Gasteiger partial charge in [-0.05, 0) is 0 Å². The van der Waals surface area contributed by atoms with E-state index in [1.54, 1.807) is 0 Å². The van der Waals surface area contributed by atoms with Crippen molar-refractivity contribution in [3.63, 3.8) is 0 Å². The van der Waals surface area contributed by atoms with E-state index in [9.17, 15) is 0 Å². The Morgan fingerprint density at radius 1 is 0.828 bits per heavy atom. The summed E-state index contributed by atoms with van der Waals surface area (Å²) in [4.78, 5) is 0. The molecule has 0 aliphatic heterocycles. The third-order valence-corrected chi connectivity index (χ3v) is 11.0. The van der Waals surface area contributed by atoms with Gasteiger partial charge in [-0.2, -0.15) is 0 Å². The summed E-state index contributed by atoms with van der Waals surface area (Å²) in [5.41, 5.74) is 10.7. The fraction of sp³-hybridized carbons (Fsp3) is 0.231. The Balaban J connectivity index is 2.00. The van der Waals surface area contributed by atoms with E-state index in [2.05, 4.69) is 86.7 Å². The molecular weight excluding hydrogens is 474 g/mol. The topological polar surface area (TPSA) is 0 Å². The Labute approximate surface area is 189 Å². The van der Waals surface area contributed by atoms with Gasteiger partial charge in [-0.1, -0.05) is 0 Å². The van der Waals surface area contributed by atoms with Crippen LogP contribution in [0.5, 0.6) is 0 Å². The second-order valence-corrected chi connectivity index (χ2v) is 16.4. The number of hydrogen-bond acceptors (Lipinski definition) is 0. The molecule has 1 aliphatic carbocycles. The molecule has 1 unspecified atom stereocenters. The molecule has 0 amide bonds. The number of allylic oxidation sites excluding steroid dienone is 1. The molecule has 0 radical (unpaired) electrons. The standard InChI is InChI=1S/C26H25.2ClH.Zr/c1-3-10-21-15-16-22-17-23(20-12-6-5-7-13-20)18-25(22)26(21)24-14-9-8-11-19(24)4-2;;;/h5-9,11-18H,3-4,10H2,1-2H3;2*1H;/q;;;+2/p-2. The molecule has 4 rings (SSSR count). The van der Waals surface area contributed by atoms with Crippen LogP contribution in [0.4, 0.5) is 0 Å². The summed E-state index contributed by atoms with van der Waals surface area (Å²) in [6, 6.07) is 24.0. The molecule has 0 bridgehead atoms. The van der Waals surface area contributed by atoms with E-state index >= 15 is 0 Å². The molecule has 0 saturated carbocycles. The average molecular weight is 500 g/mol. The van der Waals surface area contributed by atoms with Gasteiger partial charge in [0.05, 0.1) is 0 Å². The molecule has 0 heterocycles. The van der Waals surface area contributed by atoms with Crippen molar-refractivity contribution in [1.82, 2.24) is 0 Å². The van der Waals surface area contributed by atoms with Gasteiger partial charge in [0.15, 0.2) is 0 Å². The van der Waals surface area contributed by atoms with Crippen LogP contribution in [0, 0.1) is 0 Å². The third-order valence-electron chi connectivity index (χ3n) is 5.80. The fourth-order valence-electron chi connectivity index (χ4n) is 4.48. The van der Waals surface area contributed by atoms with Crippen LogP contribution in [0.1, 0.15) is 51.7 Å². The number of aryl methyl sites for hydroxylation is 2. The average Bonchev–Trinajstić information content (AvgIpc) is 3.14. The van der Waals surface area contributed by atoms with Crippen molar-refractivity contribution in [3.05, 3.63) is 94.5 Å².